The smallest absolute Gasteiger partial charge is 0.256 e. The molecule has 1 unspecified atom stereocenters. The van der Waals surface area contributed by atoms with Crippen molar-refractivity contribution in [2.45, 2.75) is 31.3 Å². The van der Waals surface area contributed by atoms with E-state index in [9.17, 15) is 9.59 Å². The lowest BCUT2D eigenvalue weighted by Crippen LogP contribution is -2.39. The van der Waals surface area contributed by atoms with Gasteiger partial charge in [-0.2, -0.15) is 5.10 Å². The Hall–Kier alpha value is -2.64. The standard InChI is InChI=1S/C20H18Cl2N5O2/c1-26(13-5-6-13)20(29)14-11-12(21)4-7-16(14)25-19(28)17-8-10-24-27(17)18-15(22)3-2-9-23-18/h2-4,7,9,11,13,17H,5-6,8H2,1H3,(H,25,28). The average molecular weight is 431 g/mol. The Morgan fingerprint density at radius 3 is 2.79 bits per heavy atom. The van der Waals surface area contributed by atoms with Crippen LogP contribution < -0.4 is 10.3 Å². The Morgan fingerprint density at radius 2 is 2.07 bits per heavy atom. The van der Waals surface area contributed by atoms with Crippen LogP contribution in [-0.2, 0) is 4.79 Å². The number of carbonyl (C=O) groups excluding carboxylic acids is 2. The second-order valence-electron chi connectivity index (χ2n) is 6.96. The minimum atomic E-state index is -0.679. The van der Waals surface area contributed by atoms with Gasteiger partial charge >= 0.3 is 0 Å². The van der Waals surface area contributed by atoms with Gasteiger partial charge < -0.3 is 10.2 Å². The van der Waals surface area contributed by atoms with Crippen molar-refractivity contribution in [2.75, 3.05) is 17.4 Å². The third-order valence-electron chi connectivity index (χ3n) is 4.90. The summed E-state index contributed by atoms with van der Waals surface area (Å²) in [6.07, 6.45) is 6.62. The second-order valence-corrected chi connectivity index (χ2v) is 7.80. The molecule has 0 spiro atoms. The zero-order valence-electron chi connectivity index (χ0n) is 15.6. The summed E-state index contributed by atoms with van der Waals surface area (Å²) in [5, 5.41) is 9.20. The number of halogens is 2. The van der Waals surface area contributed by atoms with Crippen molar-refractivity contribution in [1.29, 1.82) is 0 Å². The Balaban J connectivity index is 1.57. The van der Waals surface area contributed by atoms with Crippen molar-refractivity contribution >= 4 is 52.7 Å². The highest BCUT2D eigenvalue weighted by Crippen LogP contribution is 2.31. The molecule has 1 aromatic carbocycles. The van der Waals surface area contributed by atoms with E-state index in [1.807, 2.05) is 0 Å². The molecule has 0 bridgehead atoms. The number of hydrazone groups is 1. The van der Waals surface area contributed by atoms with E-state index in [2.05, 4.69) is 21.6 Å². The zero-order chi connectivity index (χ0) is 20.5. The van der Waals surface area contributed by atoms with Crippen LogP contribution in [0.5, 0.6) is 0 Å². The van der Waals surface area contributed by atoms with Crippen LogP contribution >= 0.6 is 23.2 Å². The summed E-state index contributed by atoms with van der Waals surface area (Å²) in [5.41, 5.74) is 0.751. The monoisotopic (exact) mass is 430 g/mol. The molecular weight excluding hydrogens is 413 g/mol. The molecule has 2 amide bonds. The maximum atomic E-state index is 13.0. The molecule has 2 aliphatic rings. The van der Waals surface area contributed by atoms with Crippen molar-refractivity contribution in [3.8, 4) is 0 Å². The van der Waals surface area contributed by atoms with Gasteiger partial charge in [0.15, 0.2) is 5.82 Å². The third kappa shape index (κ3) is 4.06. The average Bonchev–Trinajstić information content (AvgIpc) is 3.45. The first-order valence-corrected chi connectivity index (χ1v) is 9.92. The summed E-state index contributed by atoms with van der Waals surface area (Å²) in [4.78, 5) is 31.8. The van der Waals surface area contributed by atoms with Crippen molar-refractivity contribution in [3.05, 3.63) is 52.1 Å². The first-order valence-electron chi connectivity index (χ1n) is 9.16. The molecule has 29 heavy (non-hydrogen) atoms. The lowest BCUT2D eigenvalue weighted by atomic mass is 10.1. The quantitative estimate of drug-likeness (QED) is 0.783. The molecule has 2 aromatic rings. The number of anilines is 2. The van der Waals surface area contributed by atoms with Gasteiger partial charge in [0.25, 0.3) is 5.91 Å². The topological polar surface area (TPSA) is 77.9 Å². The van der Waals surface area contributed by atoms with Crippen LogP contribution in [0.4, 0.5) is 11.5 Å². The van der Waals surface area contributed by atoms with Gasteiger partial charge in [0.1, 0.15) is 6.04 Å². The number of amides is 2. The highest BCUT2D eigenvalue weighted by molar-refractivity contribution is 6.33. The first-order chi connectivity index (χ1) is 14.0. The van der Waals surface area contributed by atoms with E-state index >= 15 is 0 Å². The molecule has 1 fully saturated rings. The molecule has 7 nitrogen and oxygen atoms in total. The highest BCUT2D eigenvalue weighted by atomic mass is 35.5. The van der Waals surface area contributed by atoms with Gasteiger partial charge in [0, 0.05) is 30.7 Å². The lowest BCUT2D eigenvalue weighted by Gasteiger charge is -2.24. The van der Waals surface area contributed by atoms with E-state index in [1.54, 1.807) is 48.5 Å². The van der Waals surface area contributed by atoms with Crippen LogP contribution in [-0.4, -0.2) is 47.0 Å². The van der Waals surface area contributed by atoms with E-state index in [0.717, 1.165) is 12.8 Å². The van der Waals surface area contributed by atoms with E-state index in [1.165, 1.54) is 5.01 Å². The fourth-order valence-corrected chi connectivity index (χ4v) is 3.52. The van der Waals surface area contributed by atoms with E-state index < -0.39 is 6.04 Å². The van der Waals surface area contributed by atoms with Crippen LogP contribution in [0, 0.1) is 0 Å². The third-order valence-corrected chi connectivity index (χ3v) is 5.43. The summed E-state index contributed by atoms with van der Waals surface area (Å²) < 4.78 is 0. The number of hydrogen-bond donors (Lipinski definition) is 1. The van der Waals surface area contributed by atoms with E-state index in [4.69, 9.17) is 23.2 Å². The number of rotatable bonds is 5. The minimum Gasteiger partial charge on any atom is -0.339 e. The van der Waals surface area contributed by atoms with E-state index in [0.29, 0.717) is 27.1 Å². The summed E-state index contributed by atoms with van der Waals surface area (Å²) in [5.74, 6) is -0.143. The summed E-state index contributed by atoms with van der Waals surface area (Å²) in [7, 11) is 1.76. The normalized spacial score (nSPS) is 18.0. The molecule has 1 aliphatic heterocycles. The van der Waals surface area contributed by atoms with Gasteiger partial charge in [-0.3, -0.25) is 9.59 Å². The number of aromatic nitrogens is 1. The zero-order valence-corrected chi connectivity index (χ0v) is 17.1. The number of nitrogens with one attached hydrogen (secondary N) is 1. The SMILES string of the molecule is CN(C(=O)c1cc(Cl)ccc1NC(=O)C1C[C]=NN1c1ncccc1Cl)C1CC1. The van der Waals surface area contributed by atoms with Gasteiger partial charge in [-0.25, -0.2) is 9.99 Å². The predicted octanol–water partition coefficient (Wildman–Crippen LogP) is 3.70. The van der Waals surface area contributed by atoms with Crippen molar-refractivity contribution < 1.29 is 9.59 Å². The Labute approximate surface area is 178 Å². The maximum Gasteiger partial charge on any atom is 0.256 e. The molecule has 4 rings (SSSR count). The number of nitrogens with zero attached hydrogens (tertiary/aromatic N) is 4. The Morgan fingerprint density at radius 1 is 1.28 bits per heavy atom. The molecule has 2 heterocycles. The van der Waals surface area contributed by atoms with Crippen LogP contribution in [0.3, 0.4) is 0 Å². The summed E-state index contributed by atoms with van der Waals surface area (Å²) in [6.45, 7) is 0. The second kappa shape index (κ2) is 8.00. The van der Waals surface area contributed by atoms with Gasteiger partial charge in [-0.15, -0.1) is 0 Å². The van der Waals surface area contributed by atoms with Crippen molar-refractivity contribution in [1.82, 2.24) is 9.88 Å². The molecule has 149 valence electrons. The highest BCUT2D eigenvalue weighted by Gasteiger charge is 2.34. The minimum absolute atomic E-state index is 0.177. The number of hydrogen-bond acceptors (Lipinski definition) is 5. The summed E-state index contributed by atoms with van der Waals surface area (Å²) >= 11 is 12.3. The van der Waals surface area contributed by atoms with Gasteiger partial charge in [0.05, 0.1) is 22.5 Å². The number of carbonyl (C=O) groups is 2. The molecule has 9 heteroatoms. The molecule has 0 saturated heterocycles. The predicted molar refractivity (Wildman–Crippen MR) is 113 cm³/mol. The van der Waals surface area contributed by atoms with Gasteiger partial charge in [-0.1, -0.05) is 23.2 Å². The van der Waals surface area contributed by atoms with Gasteiger partial charge in [-0.05, 0) is 43.2 Å². The lowest BCUT2D eigenvalue weighted by molar-refractivity contribution is -0.117. The first kappa shape index (κ1) is 19.7. The Kier molecular flexibility index (Phi) is 5.43. The largest absolute Gasteiger partial charge is 0.339 e. The molecular formula is C20H18Cl2N5O2. The molecule has 1 saturated carbocycles. The van der Waals surface area contributed by atoms with E-state index in [-0.39, 0.29) is 24.3 Å². The molecule has 1 aliphatic carbocycles. The molecule has 1 aromatic heterocycles. The van der Waals surface area contributed by atoms with Crippen LogP contribution in [0.2, 0.25) is 10.0 Å². The maximum absolute atomic E-state index is 13.0. The Bertz CT molecular complexity index is 993. The van der Waals surface area contributed by atoms with Crippen molar-refractivity contribution in [2.24, 2.45) is 5.10 Å². The molecule has 1 radical (unpaired) electrons. The molecule has 1 N–H and O–H groups in total. The fraction of sp³-hybridized carbons (Fsp3) is 0.300. The van der Waals surface area contributed by atoms with Crippen molar-refractivity contribution in [3.63, 3.8) is 0 Å². The summed E-state index contributed by atoms with van der Waals surface area (Å²) in [6, 6.07) is 7.78. The fourth-order valence-electron chi connectivity index (χ4n) is 3.14. The molecule has 1 atom stereocenters. The number of benzene rings is 1. The number of pyridine rings is 1. The van der Waals surface area contributed by atoms with Crippen LogP contribution in [0.15, 0.2) is 41.6 Å². The van der Waals surface area contributed by atoms with Gasteiger partial charge in [0.2, 0.25) is 5.91 Å². The van der Waals surface area contributed by atoms with Crippen LogP contribution in [0.1, 0.15) is 29.6 Å². The van der Waals surface area contributed by atoms with Crippen LogP contribution in [0.25, 0.3) is 0 Å².